The molecule has 0 aliphatic heterocycles. The minimum atomic E-state index is -1.11. The lowest BCUT2D eigenvalue weighted by molar-refractivity contribution is 0.0688. The monoisotopic (exact) mass is 241 g/mol. The van der Waals surface area contributed by atoms with E-state index in [0.717, 1.165) is 5.56 Å². The minimum Gasteiger partial charge on any atom is -0.476 e. The summed E-state index contributed by atoms with van der Waals surface area (Å²) in [5.74, 6) is -1.11. The van der Waals surface area contributed by atoms with Crippen molar-refractivity contribution in [3.63, 3.8) is 0 Å². The van der Waals surface area contributed by atoms with Gasteiger partial charge in [-0.3, -0.25) is 4.68 Å². The summed E-state index contributed by atoms with van der Waals surface area (Å²) in [6.45, 7) is 6.95. The molecule has 5 heteroatoms. The quantitative estimate of drug-likeness (QED) is 0.838. The van der Waals surface area contributed by atoms with Crippen LogP contribution >= 0.6 is 0 Å². The van der Waals surface area contributed by atoms with Gasteiger partial charge >= 0.3 is 5.97 Å². The summed E-state index contributed by atoms with van der Waals surface area (Å²) in [6.07, 6.45) is 0. The lowest BCUT2D eigenvalue weighted by Gasteiger charge is -2.02. The number of benzene rings is 1. The molecule has 0 saturated heterocycles. The SMILES string of the molecule is [C-]#[N+]Cc1c(C(=O)O)nn(C)c1-c1ccccc1. The molecule has 1 aromatic heterocycles. The summed E-state index contributed by atoms with van der Waals surface area (Å²) in [4.78, 5) is 14.4. The molecule has 2 aromatic rings. The van der Waals surface area contributed by atoms with Gasteiger partial charge in [-0.25, -0.2) is 11.4 Å². The number of carbonyl (C=O) groups is 1. The largest absolute Gasteiger partial charge is 0.476 e. The molecular formula is C13H11N3O2. The molecule has 0 saturated carbocycles. The molecule has 1 aromatic carbocycles. The third kappa shape index (κ3) is 1.96. The van der Waals surface area contributed by atoms with Crippen molar-refractivity contribution in [2.45, 2.75) is 6.54 Å². The predicted molar refractivity (Wildman–Crippen MR) is 65.9 cm³/mol. The van der Waals surface area contributed by atoms with Gasteiger partial charge in [-0.15, -0.1) is 0 Å². The van der Waals surface area contributed by atoms with Crippen molar-refractivity contribution < 1.29 is 9.90 Å². The van der Waals surface area contributed by atoms with Crippen LogP contribution in [0.4, 0.5) is 0 Å². The average Bonchev–Trinajstić information content (AvgIpc) is 2.68. The number of rotatable bonds is 3. The summed E-state index contributed by atoms with van der Waals surface area (Å²) in [5, 5.41) is 13.1. The van der Waals surface area contributed by atoms with E-state index in [9.17, 15) is 4.79 Å². The third-order valence-corrected chi connectivity index (χ3v) is 2.63. The van der Waals surface area contributed by atoms with Crippen molar-refractivity contribution in [3.8, 4) is 11.3 Å². The zero-order valence-electron chi connectivity index (χ0n) is 9.79. The Morgan fingerprint density at radius 1 is 1.44 bits per heavy atom. The fourth-order valence-corrected chi connectivity index (χ4v) is 1.93. The molecule has 90 valence electrons. The van der Waals surface area contributed by atoms with Gasteiger partial charge in [-0.2, -0.15) is 5.10 Å². The topological polar surface area (TPSA) is 59.5 Å². The van der Waals surface area contributed by atoms with Crippen LogP contribution in [0.25, 0.3) is 16.1 Å². The van der Waals surface area contributed by atoms with Gasteiger partial charge in [0.1, 0.15) is 0 Å². The molecule has 0 aliphatic carbocycles. The molecule has 2 rings (SSSR count). The summed E-state index contributed by atoms with van der Waals surface area (Å²) in [5.41, 5.74) is 1.96. The van der Waals surface area contributed by atoms with Gasteiger partial charge in [0.2, 0.25) is 6.54 Å². The average molecular weight is 241 g/mol. The fraction of sp³-hybridized carbons (Fsp3) is 0.154. The van der Waals surface area contributed by atoms with E-state index < -0.39 is 5.97 Å². The Hall–Kier alpha value is -2.61. The van der Waals surface area contributed by atoms with E-state index in [4.69, 9.17) is 11.7 Å². The van der Waals surface area contributed by atoms with Crippen molar-refractivity contribution in [1.82, 2.24) is 9.78 Å². The van der Waals surface area contributed by atoms with Gasteiger partial charge in [0.05, 0.1) is 11.3 Å². The zero-order valence-corrected chi connectivity index (χ0v) is 9.79. The Morgan fingerprint density at radius 3 is 2.67 bits per heavy atom. The lowest BCUT2D eigenvalue weighted by atomic mass is 10.1. The van der Waals surface area contributed by atoms with Crippen molar-refractivity contribution in [3.05, 3.63) is 53.0 Å². The summed E-state index contributed by atoms with van der Waals surface area (Å²) >= 11 is 0. The van der Waals surface area contributed by atoms with E-state index in [0.29, 0.717) is 11.3 Å². The molecule has 1 heterocycles. The number of nitrogens with zero attached hydrogens (tertiary/aromatic N) is 3. The van der Waals surface area contributed by atoms with Gasteiger partial charge in [0, 0.05) is 12.6 Å². The van der Waals surface area contributed by atoms with Crippen molar-refractivity contribution >= 4 is 5.97 Å². The first-order valence-electron chi connectivity index (χ1n) is 5.33. The van der Waals surface area contributed by atoms with Crippen LogP contribution in [0.15, 0.2) is 30.3 Å². The lowest BCUT2D eigenvalue weighted by Crippen LogP contribution is -2.01. The molecular weight excluding hydrogens is 230 g/mol. The van der Waals surface area contributed by atoms with Crippen molar-refractivity contribution in [2.24, 2.45) is 7.05 Å². The molecule has 0 aliphatic rings. The maximum atomic E-state index is 11.1. The number of aromatic nitrogens is 2. The van der Waals surface area contributed by atoms with Crippen LogP contribution in [-0.2, 0) is 13.6 Å². The molecule has 0 spiro atoms. The van der Waals surface area contributed by atoms with E-state index in [2.05, 4.69) is 9.94 Å². The second-order valence-electron chi connectivity index (χ2n) is 3.79. The first-order chi connectivity index (χ1) is 8.65. The minimum absolute atomic E-state index is 0.0136. The highest BCUT2D eigenvalue weighted by Gasteiger charge is 2.23. The molecule has 0 radical (unpaired) electrons. The molecule has 1 N–H and O–H groups in total. The molecule has 0 amide bonds. The highest BCUT2D eigenvalue weighted by Crippen LogP contribution is 2.26. The summed E-state index contributed by atoms with van der Waals surface area (Å²) in [7, 11) is 1.68. The second kappa shape index (κ2) is 4.72. The van der Waals surface area contributed by atoms with Crippen LogP contribution in [0.1, 0.15) is 16.1 Å². The van der Waals surface area contributed by atoms with E-state index in [-0.39, 0.29) is 12.2 Å². The smallest absolute Gasteiger partial charge is 0.357 e. The zero-order chi connectivity index (χ0) is 13.1. The number of aryl methyl sites for hydroxylation is 1. The molecule has 18 heavy (non-hydrogen) atoms. The Balaban J connectivity index is 2.67. The highest BCUT2D eigenvalue weighted by molar-refractivity contribution is 5.89. The van der Waals surface area contributed by atoms with Crippen LogP contribution in [0, 0.1) is 6.57 Å². The molecule has 0 unspecified atom stereocenters. The summed E-state index contributed by atoms with van der Waals surface area (Å²) in [6, 6.07) is 9.35. The number of hydrogen-bond donors (Lipinski definition) is 1. The highest BCUT2D eigenvalue weighted by atomic mass is 16.4. The maximum Gasteiger partial charge on any atom is 0.357 e. The molecule has 5 nitrogen and oxygen atoms in total. The first-order valence-corrected chi connectivity index (χ1v) is 5.33. The predicted octanol–water partition coefficient (Wildman–Crippen LogP) is 2.20. The number of aromatic carboxylic acids is 1. The van der Waals surface area contributed by atoms with E-state index >= 15 is 0 Å². The number of carboxylic acid groups (broad SMARTS) is 1. The van der Waals surface area contributed by atoms with Gasteiger partial charge in [-0.05, 0) is 0 Å². The molecule has 0 bridgehead atoms. The van der Waals surface area contributed by atoms with Gasteiger partial charge in [0.25, 0.3) is 0 Å². The fourth-order valence-electron chi connectivity index (χ4n) is 1.93. The summed E-state index contributed by atoms with van der Waals surface area (Å²) < 4.78 is 1.51. The normalized spacial score (nSPS) is 10.0. The van der Waals surface area contributed by atoms with E-state index in [1.807, 2.05) is 30.3 Å². The Kier molecular flexibility index (Phi) is 3.11. The van der Waals surface area contributed by atoms with Crippen LogP contribution in [0.5, 0.6) is 0 Å². The van der Waals surface area contributed by atoms with Crippen LogP contribution in [-0.4, -0.2) is 20.9 Å². The molecule has 0 fully saturated rings. The van der Waals surface area contributed by atoms with E-state index in [1.54, 1.807) is 7.05 Å². The van der Waals surface area contributed by atoms with E-state index in [1.165, 1.54) is 4.68 Å². The van der Waals surface area contributed by atoms with Crippen LogP contribution in [0.2, 0.25) is 0 Å². The molecule has 0 atom stereocenters. The van der Waals surface area contributed by atoms with Crippen LogP contribution < -0.4 is 0 Å². The Morgan fingerprint density at radius 2 is 2.11 bits per heavy atom. The number of hydrogen-bond acceptors (Lipinski definition) is 2. The van der Waals surface area contributed by atoms with Gasteiger partial charge in [-0.1, -0.05) is 30.3 Å². The number of carboxylic acids is 1. The third-order valence-electron chi connectivity index (χ3n) is 2.63. The van der Waals surface area contributed by atoms with Crippen LogP contribution in [0.3, 0.4) is 0 Å². The van der Waals surface area contributed by atoms with Gasteiger partial charge in [0.15, 0.2) is 5.69 Å². The standard InChI is InChI=1S/C13H11N3O2/c1-14-8-10-11(13(17)18)15-16(2)12(10)9-6-4-3-5-7-9/h3-7H,8H2,2H3,(H,17,18). The Labute approximate surface area is 104 Å². The van der Waals surface area contributed by atoms with Crippen molar-refractivity contribution in [2.75, 3.05) is 0 Å². The van der Waals surface area contributed by atoms with Crippen molar-refractivity contribution in [1.29, 1.82) is 0 Å². The van der Waals surface area contributed by atoms with Gasteiger partial charge < -0.3 is 9.95 Å². The maximum absolute atomic E-state index is 11.1. The first kappa shape index (κ1) is 11.9. The Bertz CT molecular complexity index is 624. The second-order valence-corrected chi connectivity index (χ2v) is 3.79.